The molecule has 58 heavy (non-hydrogen) atoms. The highest BCUT2D eigenvalue weighted by Gasteiger charge is 2.44. The smallest absolute Gasteiger partial charge is 0.290 e. The van der Waals surface area contributed by atoms with Gasteiger partial charge in [-0.2, -0.15) is 0 Å². The van der Waals surface area contributed by atoms with Crippen molar-refractivity contribution in [2.24, 2.45) is 28.4 Å². The van der Waals surface area contributed by atoms with Crippen LogP contribution in [0.15, 0.2) is 42.6 Å². The summed E-state index contributed by atoms with van der Waals surface area (Å²) in [5.74, 6) is -0.873. The quantitative estimate of drug-likeness (QED) is 0.0667. The number of unbranched alkanes of at least 4 members (excludes halogenated alkanes) is 1. The molecule has 4 rings (SSSR count). The van der Waals surface area contributed by atoms with Gasteiger partial charge in [-0.15, -0.1) is 0 Å². The van der Waals surface area contributed by atoms with Crippen LogP contribution in [0.5, 0.6) is 0 Å². The Morgan fingerprint density at radius 2 is 1.53 bits per heavy atom. The Bertz CT molecular complexity index is 1400. The molecule has 12 heteroatoms. The predicted molar refractivity (Wildman–Crippen MR) is 233 cm³/mol. The van der Waals surface area contributed by atoms with Gasteiger partial charge in [0, 0.05) is 12.5 Å². The number of nitrogens with two attached hydrogens (primary N) is 1. The number of hydrogen-bond donors (Lipinski definition) is 4. The van der Waals surface area contributed by atoms with E-state index in [1.165, 1.54) is 50.5 Å². The second-order valence-electron chi connectivity index (χ2n) is 18.5. The third kappa shape index (κ3) is 25.3. The van der Waals surface area contributed by atoms with Gasteiger partial charge in [0.05, 0.1) is 18.2 Å². The molecule has 0 aromatic heterocycles. The highest BCUT2D eigenvalue weighted by Crippen LogP contribution is 2.46. The molecular formula is C46H79N5O7. The van der Waals surface area contributed by atoms with Gasteiger partial charge in [-0.1, -0.05) is 117 Å². The fraction of sp³-hybridized carbons (Fsp3) is 0.696. The second kappa shape index (κ2) is 26.8. The largest absolute Gasteiger partial charge is 0.403 e. The van der Waals surface area contributed by atoms with Gasteiger partial charge in [-0.3, -0.25) is 28.8 Å². The number of benzene rings is 1. The van der Waals surface area contributed by atoms with E-state index >= 15 is 0 Å². The van der Waals surface area contributed by atoms with Gasteiger partial charge < -0.3 is 31.3 Å². The van der Waals surface area contributed by atoms with Gasteiger partial charge in [-0.25, -0.2) is 0 Å². The number of hydrogen-bond acceptors (Lipinski definition) is 8. The minimum atomic E-state index is -0.935. The van der Waals surface area contributed by atoms with E-state index in [2.05, 4.69) is 64.1 Å². The van der Waals surface area contributed by atoms with Crippen molar-refractivity contribution in [3.63, 3.8) is 0 Å². The number of allylic oxidation sites excluding steroid dienone is 1. The van der Waals surface area contributed by atoms with E-state index in [9.17, 15) is 28.8 Å². The second-order valence-corrected chi connectivity index (χ2v) is 18.5. The average Bonchev–Trinajstić information content (AvgIpc) is 4.08. The summed E-state index contributed by atoms with van der Waals surface area (Å²) in [6, 6.07) is 7.97. The highest BCUT2D eigenvalue weighted by molar-refractivity contribution is 6.38. The van der Waals surface area contributed by atoms with Gasteiger partial charge in [-0.05, 0) is 95.2 Å². The molecule has 330 valence electrons. The number of ketones is 2. The molecule has 0 radical (unpaired) electrons. The summed E-state index contributed by atoms with van der Waals surface area (Å²) in [5.41, 5.74) is 6.89. The maximum Gasteiger partial charge on any atom is 0.290 e. The predicted octanol–water partition coefficient (Wildman–Crippen LogP) is 7.56. The Morgan fingerprint density at radius 3 is 1.88 bits per heavy atom. The Kier molecular flexibility index (Phi) is 25.0. The van der Waals surface area contributed by atoms with Crippen molar-refractivity contribution in [3.8, 4) is 0 Å². The van der Waals surface area contributed by atoms with Gasteiger partial charge in [0.1, 0.15) is 12.3 Å². The lowest BCUT2D eigenvalue weighted by atomic mass is 9.65. The van der Waals surface area contributed by atoms with E-state index in [0.717, 1.165) is 37.0 Å². The maximum absolute atomic E-state index is 12.2. The molecule has 12 nitrogen and oxygen atoms in total. The number of carbonyl (C=O) groups is 6. The molecule has 3 saturated carbocycles. The number of rotatable bonds is 18. The van der Waals surface area contributed by atoms with Gasteiger partial charge in [0.2, 0.25) is 24.5 Å². The summed E-state index contributed by atoms with van der Waals surface area (Å²) in [6.45, 7) is 25.8. The number of amides is 4. The van der Waals surface area contributed by atoms with Gasteiger partial charge >= 0.3 is 0 Å². The molecule has 4 amide bonds. The van der Waals surface area contributed by atoms with E-state index in [1.54, 1.807) is 44.2 Å². The summed E-state index contributed by atoms with van der Waals surface area (Å²) >= 11 is 0. The van der Waals surface area contributed by atoms with Crippen LogP contribution in [0.1, 0.15) is 159 Å². The fourth-order valence-corrected chi connectivity index (χ4v) is 5.67. The van der Waals surface area contributed by atoms with E-state index < -0.39 is 36.3 Å². The summed E-state index contributed by atoms with van der Waals surface area (Å²) < 4.78 is 5.86. The molecule has 3 aliphatic carbocycles. The van der Waals surface area contributed by atoms with Crippen molar-refractivity contribution in [2.75, 3.05) is 13.6 Å². The number of carbonyl (C=O) groups excluding carboxylic acids is 6. The first-order valence-electron chi connectivity index (χ1n) is 21.0. The molecule has 3 aliphatic rings. The maximum atomic E-state index is 12.2. The average molecular weight is 814 g/mol. The van der Waals surface area contributed by atoms with Crippen molar-refractivity contribution in [1.82, 2.24) is 20.9 Å². The van der Waals surface area contributed by atoms with Crippen LogP contribution in [0.25, 0.3) is 0 Å². The van der Waals surface area contributed by atoms with Crippen molar-refractivity contribution in [3.05, 3.63) is 48.2 Å². The van der Waals surface area contributed by atoms with Crippen molar-refractivity contribution in [1.29, 1.82) is 0 Å². The van der Waals surface area contributed by atoms with Crippen LogP contribution in [-0.4, -0.2) is 72.4 Å². The topological polar surface area (TPSA) is 177 Å². The van der Waals surface area contributed by atoms with Crippen molar-refractivity contribution < 1.29 is 33.5 Å². The third-order valence-electron chi connectivity index (χ3n) is 9.83. The van der Waals surface area contributed by atoms with Crippen LogP contribution in [-0.2, 0) is 33.5 Å². The Hall–Kier alpha value is -4.06. The number of nitrogens with zero attached hydrogens (tertiary/aromatic N) is 1. The number of Topliss-reactive ketones (excluding diaryl/α,β-unsaturated/α-hetero) is 2. The van der Waals surface area contributed by atoms with Crippen LogP contribution in [0, 0.1) is 22.7 Å². The van der Waals surface area contributed by atoms with Crippen LogP contribution >= 0.6 is 0 Å². The zero-order chi connectivity index (χ0) is 44.7. The van der Waals surface area contributed by atoms with Crippen LogP contribution < -0.4 is 21.7 Å². The Morgan fingerprint density at radius 1 is 1.00 bits per heavy atom. The summed E-state index contributed by atoms with van der Waals surface area (Å²) in [5, 5.41) is 7.26. The van der Waals surface area contributed by atoms with E-state index in [0.29, 0.717) is 36.4 Å². The lowest BCUT2D eigenvalue weighted by molar-refractivity contribution is -0.162. The Balaban J connectivity index is 0.000000885. The minimum absolute atomic E-state index is 0.0963. The lowest BCUT2D eigenvalue weighted by Crippen LogP contribution is -2.48. The molecule has 3 atom stereocenters. The number of ether oxygens (including phenoxy) is 1. The van der Waals surface area contributed by atoms with Crippen molar-refractivity contribution in [2.45, 2.75) is 171 Å². The van der Waals surface area contributed by atoms with Crippen LogP contribution in [0.2, 0.25) is 0 Å². The molecule has 0 saturated heterocycles. The first kappa shape index (κ1) is 53.9. The van der Waals surface area contributed by atoms with Crippen molar-refractivity contribution >= 4 is 36.2 Å². The molecule has 1 aromatic rings. The lowest BCUT2D eigenvalue weighted by Gasteiger charge is -2.45. The Labute approximate surface area is 350 Å². The highest BCUT2D eigenvalue weighted by atomic mass is 16.5. The first-order chi connectivity index (χ1) is 26.9. The van der Waals surface area contributed by atoms with Gasteiger partial charge in [0.15, 0.2) is 5.78 Å². The molecule has 0 spiro atoms. The normalized spacial score (nSPS) is 16.9. The van der Waals surface area contributed by atoms with Crippen LogP contribution in [0.4, 0.5) is 0 Å². The molecular weight excluding hydrogens is 735 g/mol. The molecule has 0 bridgehead atoms. The minimum Gasteiger partial charge on any atom is -0.403 e. The molecule has 3 fully saturated rings. The summed E-state index contributed by atoms with van der Waals surface area (Å²) in [4.78, 5) is 71.0. The fourth-order valence-electron chi connectivity index (χ4n) is 5.67. The monoisotopic (exact) mass is 814 g/mol. The summed E-state index contributed by atoms with van der Waals surface area (Å²) in [7, 11) is 1.51. The zero-order valence-electron chi connectivity index (χ0n) is 38.0. The van der Waals surface area contributed by atoms with Gasteiger partial charge in [0.25, 0.3) is 5.91 Å². The zero-order valence-corrected chi connectivity index (χ0v) is 38.0. The molecule has 0 aliphatic heterocycles. The first-order valence-corrected chi connectivity index (χ1v) is 21.0. The van der Waals surface area contributed by atoms with Crippen LogP contribution in [0.3, 0.4) is 0 Å². The van der Waals surface area contributed by atoms with E-state index in [-0.39, 0.29) is 22.9 Å². The summed E-state index contributed by atoms with van der Waals surface area (Å²) in [6.07, 6.45) is 12.9. The third-order valence-corrected chi connectivity index (χ3v) is 9.83. The van der Waals surface area contributed by atoms with E-state index in [1.807, 2.05) is 20.8 Å². The molecule has 5 N–H and O–H groups in total. The number of nitrogens with one attached hydrogen (secondary N) is 3. The van der Waals surface area contributed by atoms with E-state index in [4.69, 9.17) is 10.5 Å². The molecule has 0 heterocycles. The molecule has 3 unspecified atom stereocenters. The molecule has 1 aromatic carbocycles. The SMILES string of the molecule is C=C(C)N.CC(=O)C(OC(C)(C)C)C1(C)CCC1.CC1(C)CC1.CCCCC(C)C.CN(C=O)C(NC(=O)CNC(=O)C(=O)C(CC1CC1)NC=O)c1ccccc1. The standard InChI is InChI=1S/C19H24N4O5.C12H22O2.C7H16.C5H10.C3H7N/c1-23(12-25)18(14-5-3-2-4-6-14)22-16(26)10-20-19(28)17(27)15(21-11-24)9-13-7-8-13;1-9(13)10(14-11(2,3)4)12(5)7-6-8-12;1-4-5-6-7(2)3;1-5(2)3-4-5;1-3(2)4/h2-6,11-13,15,18H,7-10H2,1H3,(H,20,28)(H,21,24)(H,22,26);10H,6-8H2,1-5H3;7H,4-6H2,1-3H3;3-4H2,1-2H3;1,4H2,2H3.